The Hall–Kier alpha value is -3.53. The van der Waals surface area contributed by atoms with Crippen LogP contribution < -0.4 is 5.43 Å². The lowest BCUT2D eigenvalue weighted by Crippen LogP contribution is -2.20. The molecule has 0 bridgehead atoms. The number of hydrogen-bond donors (Lipinski definition) is 2. The van der Waals surface area contributed by atoms with Gasteiger partial charge in [-0.05, 0) is 6.07 Å². The summed E-state index contributed by atoms with van der Waals surface area (Å²) in [6.45, 7) is 0. The second kappa shape index (κ2) is 8.03. The molecule has 0 aliphatic heterocycles. The molecule has 0 heterocycles. The van der Waals surface area contributed by atoms with E-state index in [1.54, 1.807) is 6.07 Å². The van der Waals surface area contributed by atoms with Crippen molar-refractivity contribution in [2.45, 2.75) is 6.42 Å². The number of nitrogens with zero attached hydrogens (tertiary/aromatic N) is 3. The van der Waals surface area contributed by atoms with Gasteiger partial charge in [-0.3, -0.25) is 25.0 Å². The van der Waals surface area contributed by atoms with Crippen molar-refractivity contribution < 1.29 is 19.7 Å². The number of amides is 1. The van der Waals surface area contributed by atoms with Gasteiger partial charge in [0.15, 0.2) is 0 Å². The average molecular weight is 379 g/mol. The highest BCUT2D eigenvalue weighted by atomic mass is 35.5. The second-order valence-corrected chi connectivity index (χ2v) is 5.41. The lowest BCUT2D eigenvalue weighted by atomic mass is 10.1. The van der Waals surface area contributed by atoms with Crippen molar-refractivity contribution in [1.82, 2.24) is 5.43 Å². The molecule has 0 fully saturated rings. The van der Waals surface area contributed by atoms with Crippen LogP contribution in [-0.4, -0.2) is 27.1 Å². The summed E-state index contributed by atoms with van der Waals surface area (Å²) < 4.78 is 0. The first-order valence-corrected chi connectivity index (χ1v) is 7.38. The van der Waals surface area contributed by atoms with Gasteiger partial charge in [-0.25, -0.2) is 5.43 Å². The third kappa shape index (κ3) is 4.51. The number of nitro benzene ring substituents is 2. The number of rotatable bonds is 6. The summed E-state index contributed by atoms with van der Waals surface area (Å²) >= 11 is 5.73. The number of aromatic hydroxyl groups is 1. The van der Waals surface area contributed by atoms with Crippen LogP contribution >= 0.6 is 11.6 Å². The maximum Gasteiger partial charge on any atom is 0.312 e. The Bertz CT molecular complexity index is 915. The normalized spacial score (nSPS) is 10.7. The molecule has 1 amide bonds. The molecule has 11 heteroatoms. The van der Waals surface area contributed by atoms with Gasteiger partial charge >= 0.3 is 5.69 Å². The summed E-state index contributed by atoms with van der Waals surface area (Å²) in [5, 5.41) is 35.1. The van der Waals surface area contributed by atoms with Gasteiger partial charge in [0.1, 0.15) is 0 Å². The van der Waals surface area contributed by atoms with Gasteiger partial charge in [0.05, 0.1) is 22.5 Å². The van der Waals surface area contributed by atoms with E-state index in [4.69, 9.17) is 11.6 Å². The SMILES string of the molecule is O=C(Cc1ccccc1[N+](=O)[O-])NN=Cc1cc(Cl)cc([N+](=O)[O-])c1O. The van der Waals surface area contributed by atoms with Crippen molar-refractivity contribution in [3.8, 4) is 5.75 Å². The maximum absolute atomic E-state index is 11.9. The van der Waals surface area contributed by atoms with Crippen LogP contribution in [0, 0.1) is 20.2 Å². The zero-order valence-corrected chi connectivity index (χ0v) is 13.7. The highest BCUT2D eigenvalue weighted by molar-refractivity contribution is 6.31. The van der Waals surface area contributed by atoms with Crippen molar-refractivity contribution >= 4 is 35.1 Å². The minimum Gasteiger partial charge on any atom is -0.502 e. The first-order chi connectivity index (χ1) is 12.3. The molecule has 2 aromatic carbocycles. The predicted octanol–water partition coefficient (Wildman–Crippen LogP) is 2.55. The number of nitrogens with one attached hydrogen (secondary N) is 1. The lowest BCUT2D eigenvalue weighted by Gasteiger charge is -2.03. The minimum absolute atomic E-state index is 0.00202. The maximum atomic E-state index is 11.9. The number of phenolic OH excluding ortho intramolecular Hbond substituents is 1. The standard InChI is InChI=1S/C15H11ClN4O6/c16-11-5-10(15(22)13(7-11)20(25)26)8-17-18-14(21)6-9-3-1-2-4-12(9)19(23)24/h1-5,7-8,22H,6H2,(H,18,21). The molecule has 26 heavy (non-hydrogen) atoms. The van der Waals surface area contributed by atoms with Crippen LogP contribution in [0.25, 0.3) is 0 Å². The number of carbonyl (C=O) groups is 1. The van der Waals surface area contributed by atoms with Crippen LogP contribution in [0.3, 0.4) is 0 Å². The van der Waals surface area contributed by atoms with Gasteiger partial charge in [-0.15, -0.1) is 0 Å². The number of halogens is 1. The van der Waals surface area contributed by atoms with Gasteiger partial charge < -0.3 is 5.11 Å². The smallest absolute Gasteiger partial charge is 0.312 e. The van der Waals surface area contributed by atoms with Gasteiger partial charge in [0.25, 0.3) is 5.69 Å². The predicted molar refractivity (Wildman–Crippen MR) is 92.3 cm³/mol. The van der Waals surface area contributed by atoms with Crippen LogP contribution in [0.2, 0.25) is 5.02 Å². The second-order valence-electron chi connectivity index (χ2n) is 4.98. The minimum atomic E-state index is -0.814. The van der Waals surface area contributed by atoms with E-state index in [2.05, 4.69) is 10.5 Å². The molecule has 2 rings (SSSR count). The molecule has 0 saturated carbocycles. The van der Waals surface area contributed by atoms with Gasteiger partial charge in [-0.2, -0.15) is 5.10 Å². The Morgan fingerprint density at radius 3 is 2.50 bits per heavy atom. The third-order valence-corrected chi connectivity index (χ3v) is 3.43. The number of phenols is 1. The van der Waals surface area contributed by atoms with E-state index in [1.807, 2.05) is 0 Å². The Kier molecular flexibility index (Phi) is 5.81. The third-order valence-electron chi connectivity index (χ3n) is 3.21. The van der Waals surface area contributed by atoms with E-state index < -0.39 is 27.2 Å². The van der Waals surface area contributed by atoms with E-state index in [-0.39, 0.29) is 28.3 Å². The fourth-order valence-corrected chi connectivity index (χ4v) is 2.29. The summed E-state index contributed by atoms with van der Waals surface area (Å²) in [6, 6.07) is 7.94. The monoisotopic (exact) mass is 378 g/mol. The Morgan fingerprint density at radius 2 is 1.85 bits per heavy atom. The summed E-state index contributed by atoms with van der Waals surface area (Å²) in [4.78, 5) is 32.2. The number of hydrogen-bond acceptors (Lipinski definition) is 7. The van der Waals surface area contributed by atoms with E-state index in [0.717, 1.165) is 12.3 Å². The quantitative estimate of drug-likeness (QED) is 0.448. The summed E-state index contributed by atoms with van der Waals surface area (Å²) in [6.07, 6.45) is 0.682. The zero-order valence-electron chi connectivity index (χ0n) is 13.0. The molecule has 0 atom stereocenters. The number of para-hydroxylation sites is 1. The largest absolute Gasteiger partial charge is 0.502 e. The fourth-order valence-electron chi connectivity index (χ4n) is 2.07. The van der Waals surface area contributed by atoms with E-state index >= 15 is 0 Å². The topological polar surface area (TPSA) is 148 Å². The zero-order chi connectivity index (χ0) is 19.3. The molecule has 0 unspecified atom stereocenters. The summed E-state index contributed by atoms with van der Waals surface area (Å²) in [7, 11) is 0. The molecule has 134 valence electrons. The average Bonchev–Trinajstić information content (AvgIpc) is 2.57. The molecule has 0 aromatic heterocycles. The van der Waals surface area contributed by atoms with Crippen LogP contribution in [0.1, 0.15) is 11.1 Å². The van der Waals surface area contributed by atoms with Crippen molar-refractivity contribution in [2.24, 2.45) is 5.10 Å². The van der Waals surface area contributed by atoms with Gasteiger partial charge in [-0.1, -0.05) is 29.8 Å². The molecule has 0 aliphatic carbocycles. The molecule has 0 saturated heterocycles. The highest BCUT2D eigenvalue weighted by Gasteiger charge is 2.18. The van der Waals surface area contributed by atoms with Crippen LogP contribution in [-0.2, 0) is 11.2 Å². The van der Waals surface area contributed by atoms with Crippen molar-refractivity contribution in [3.63, 3.8) is 0 Å². The number of benzene rings is 2. The van der Waals surface area contributed by atoms with Crippen molar-refractivity contribution in [2.75, 3.05) is 0 Å². The molecule has 0 radical (unpaired) electrons. The Morgan fingerprint density at radius 1 is 1.19 bits per heavy atom. The van der Waals surface area contributed by atoms with E-state index in [9.17, 15) is 30.1 Å². The fraction of sp³-hybridized carbons (Fsp3) is 0.0667. The van der Waals surface area contributed by atoms with Crippen LogP contribution in [0.15, 0.2) is 41.5 Å². The number of hydrazone groups is 1. The molecule has 10 nitrogen and oxygen atoms in total. The molecule has 0 aliphatic rings. The highest BCUT2D eigenvalue weighted by Crippen LogP contribution is 2.32. The summed E-state index contributed by atoms with van der Waals surface area (Å²) in [5.74, 6) is -1.30. The Labute approximate surface area is 151 Å². The van der Waals surface area contributed by atoms with Crippen LogP contribution in [0.5, 0.6) is 5.75 Å². The van der Waals surface area contributed by atoms with Crippen molar-refractivity contribution in [1.29, 1.82) is 0 Å². The Balaban J connectivity index is 2.11. The molecular formula is C15H11ClN4O6. The lowest BCUT2D eigenvalue weighted by molar-refractivity contribution is -0.385. The number of nitro groups is 2. The van der Waals surface area contributed by atoms with E-state index in [0.29, 0.717) is 0 Å². The number of carbonyl (C=O) groups excluding carboxylic acids is 1. The first-order valence-electron chi connectivity index (χ1n) is 7.00. The van der Waals surface area contributed by atoms with Gasteiger partial charge in [0.2, 0.25) is 11.7 Å². The van der Waals surface area contributed by atoms with Crippen LogP contribution in [0.4, 0.5) is 11.4 Å². The molecule has 0 spiro atoms. The first kappa shape index (κ1) is 18.8. The molecular weight excluding hydrogens is 368 g/mol. The summed E-state index contributed by atoms with van der Waals surface area (Å²) in [5.41, 5.74) is 1.45. The molecule has 2 N–H and O–H groups in total. The van der Waals surface area contributed by atoms with E-state index in [1.165, 1.54) is 24.3 Å². The van der Waals surface area contributed by atoms with Crippen molar-refractivity contribution in [3.05, 3.63) is 72.8 Å². The van der Waals surface area contributed by atoms with Gasteiger partial charge in [0, 0.05) is 28.3 Å². The molecule has 2 aromatic rings.